The van der Waals surface area contributed by atoms with E-state index in [0.717, 1.165) is 38.8 Å². The molecule has 6 heteroatoms. The van der Waals surface area contributed by atoms with E-state index in [0.29, 0.717) is 17.0 Å². The molecule has 2 aliphatic rings. The van der Waals surface area contributed by atoms with Crippen LogP contribution in [0.3, 0.4) is 0 Å². The molecule has 2 aromatic heterocycles. The number of aromatic nitrogens is 2. The van der Waals surface area contributed by atoms with Crippen LogP contribution in [-0.4, -0.2) is 45.2 Å². The molecule has 2 fully saturated rings. The van der Waals surface area contributed by atoms with Crippen molar-refractivity contribution in [2.24, 2.45) is 0 Å². The fourth-order valence-corrected chi connectivity index (χ4v) is 2.90. The van der Waals surface area contributed by atoms with Crippen molar-refractivity contribution < 1.29 is 9.59 Å². The van der Waals surface area contributed by atoms with Gasteiger partial charge in [-0.1, -0.05) is 6.07 Å². The summed E-state index contributed by atoms with van der Waals surface area (Å²) in [4.78, 5) is 31.2. The Morgan fingerprint density at radius 3 is 2.68 bits per heavy atom. The monoisotopic (exact) mass is 298 g/mol. The van der Waals surface area contributed by atoms with E-state index < -0.39 is 0 Å². The van der Waals surface area contributed by atoms with Gasteiger partial charge in [0.25, 0.3) is 11.8 Å². The lowest BCUT2D eigenvalue weighted by atomic mass is 10.3. The van der Waals surface area contributed by atoms with E-state index in [1.54, 1.807) is 10.6 Å². The van der Waals surface area contributed by atoms with Crippen molar-refractivity contribution in [3.05, 3.63) is 35.9 Å². The Labute approximate surface area is 128 Å². The number of carbonyl (C=O) groups excluding carboxylic acids is 2. The van der Waals surface area contributed by atoms with Gasteiger partial charge in [-0.25, -0.2) is 4.98 Å². The molecule has 114 valence electrons. The lowest BCUT2D eigenvalue weighted by molar-refractivity contribution is 0.0789. The molecule has 4 rings (SSSR count). The zero-order valence-corrected chi connectivity index (χ0v) is 12.3. The molecule has 1 N–H and O–H groups in total. The van der Waals surface area contributed by atoms with E-state index in [2.05, 4.69) is 10.3 Å². The molecule has 1 saturated carbocycles. The molecule has 2 amide bonds. The van der Waals surface area contributed by atoms with Crippen molar-refractivity contribution in [2.45, 2.75) is 31.7 Å². The average molecular weight is 298 g/mol. The maximum atomic E-state index is 12.6. The Morgan fingerprint density at radius 1 is 1.18 bits per heavy atom. The SMILES string of the molecule is O=C(NC1CC1)c1nc(C(=O)N2CCCC2)c2ccccn12. The molecule has 0 radical (unpaired) electrons. The summed E-state index contributed by atoms with van der Waals surface area (Å²) in [5.41, 5.74) is 1.07. The summed E-state index contributed by atoms with van der Waals surface area (Å²) in [7, 11) is 0. The molecule has 0 aromatic carbocycles. The number of nitrogens with zero attached hydrogens (tertiary/aromatic N) is 3. The second-order valence-electron chi connectivity index (χ2n) is 5.99. The number of hydrogen-bond acceptors (Lipinski definition) is 3. The van der Waals surface area contributed by atoms with Gasteiger partial charge in [0.15, 0.2) is 5.69 Å². The largest absolute Gasteiger partial charge is 0.347 e. The second-order valence-corrected chi connectivity index (χ2v) is 5.99. The smallest absolute Gasteiger partial charge is 0.287 e. The fourth-order valence-electron chi connectivity index (χ4n) is 2.90. The molecule has 0 unspecified atom stereocenters. The third-order valence-corrected chi connectivity index (χ3v) is 4.26. The lowest BCUT2D eigenvalue weighted by Crippen LogP contribution is -2.29. The van der Waals surface area contributed by atoms with E-state index in [-0.39, 0.29) is 17.9 Å². The zero-order chi connectivity index (χ0) is 15.1. The fraction of sp³-hybridized carbons (Fsp3) is 0.438. The van der Waals surface area contributed by atoms with Gasteiger partial charge in [-0.15, -0.1) is 0 Å². The first kappa shape index (κ1) is 13.3. The van der Waals surface area contributed by atoms with Crippen LogP contribution in [0.1, 0.15) is 46.8 Å². The van der Waals surface area contributed by atoms with Crippen molar-refractivity contribution in [1.82, 2.24) is 19.6 Å². The lowest BCUT2D eigenvalue weighted by Gasteiger charge is -2.13. The number of hydrogen-bond donors (Lipinski definition) is 1. The summed E-state index contributed by atoms with van der Waals surface area (Å²) in [5.74, 6) is 0.0147. The van der Waals surface area contributed by atoms with E-state index in [9.17, 15) is 9.59 Å². The van der Waals surface area contributed by atoms with Gasteiger partial charge in [-0.2, -0.15) is 0 Å². The number of pyridine rings is 1. The first-order chi connectivity index (χ1) is 10.7. The molecule has 22 heavy (non-hydrogen) atoms. The average Bonchev–Trinajstić information content (AvgIpc) is 3.07. The molecular formula is C16H18N4O2. The second kappa shape index (κ2) is 5.12. The van der Waals surface area contributed by atoms with Crippen molar-refractivity contribution in [3.8, 4) is 0 Å². The molecule has 1 aliphatic heterocycles. The Bertz CT molecular complexity index is 742. The summed E-state index contributed by atoms with van der Waals surface area (Å²) in [6.45, 7) is 1.54. The molecule has 6 nitrogen and oxygen atoms in total. The van der Waals surface area contributed by atoms with Crippen LogP contribution in [0.2, 0.25) is 0 Å². The summed E-state index contributed by atoms with van der Waals surface area (Å²) in [5, 5.41) is 2.94. The predicted molar refractivity (Wildman–Crippen MR) is 80.8 cm³/mol. The summed E-state index contributed by atoms with van der Waals surface area (Å²) < 4.78 is 1.71. The van der Waals surface area contributed by atoms with Crippen LogP contribution in [-0.2, 0) is 0 Å². The molecule has 1 aliphatic carbocycles. The minimum Gasteiger partial charge on any atom is -0.347 e. The Kier molecular flexibility index (Phi) is 3.10. The van der Waals surface area contributed by atoms with E-state index in [1.165, 1.54) is 0 Å². The van der Waals surface area contributed by atoms with Gasteiger partial charge in [0, 0.05) is 25.3 Å². The standard InChI is InChI=1S/C16H18N4O2/c21-15(17-11-6-7-11)14-18-13(12-5-1-2-10-20(12)14)16(22)19-8-3-4-9-19/h1-2,5,10-11H,3-4,6-9H2,(H,17,21). The molecular weight excluding hydrogens is 280 g/mol. The van der Waals surface area contributed by atoms with Crippen molar-refractivity contribution >= 4 is 17.3 Å². The Balaban J connectivity index is 1.74. The van der Waals surface area contributed by atoms with Crippen molar-refractivity contribution in [2.75, 3.05) is 13.1 Å². The van der Waals surface area contributed by atoms with Gasteiger partial charge in [0.1, 0.15) is 0 Å². The zero-order valence-electron chi connectivity index (χ0n) is 12.3. The first-order valence-electron chi connectivity index (χ1n) is 7.81. The van der Waals surface area contributed by atoms with Crippen LogP contribution in [0.15, 0.2) is 24.4 Å². The van der Waals surface area contributed by atoms with E-state index in [1.807, 2.05) is 23.1 Å². The van der Waals surface area contributed by atoms with Gasteiger partial charge < -0.3 is 10.2 Å². The maximum absolute atomic E-state index is 12.6. The minimum absolute atomic E-state index is 0.0772. The van der Waals surface area contributed by atoms with Gasteiger partial charge >= 0.3 is 0 Å². The van der Waals surface area contributed by atoms with Gasteiger partial charge in [0.05, 0.1) is 5.52 Å². The summed E-state index contributed by atoms with van der Waals surface area (Å²) >= 11 is 0. The Hall–Kier alpha value is -2.37. The highest BCUT2D eigenvalue weighted by Crippen LogP contribution is 2.21. The van der Waals surface area contributed by atoms with Crippen LogP contribution in [0.25, 0.3) is 5.52 Å². The predicted octanol–water partition coefficient (Wildman–Crippen LogP) is 1.46. The number of fused-ring (bicyclic) bond motifs is 1. The third-order valence-electron chi connectivity index (χ3n) is 4.26. The number of carbonyl (C=O) groups is 2. The third kappa shape index (κ3) is 2.24. The Morgan fingerprint density at radius 2 is 1.95 bits per heavy atom. The highest BCUT2D eigenvalue weighted by molar-refractivity contribution is 6.02. The highest BCUT2D eigenvalue weighted by atomic mass is 16.2. The molecule has 0 bridgehead atoms. The molecule has 2 aromatic rings. The normalized spacial score (nSPS) is 17.9. The van der Waals surface area contributed by atoms with Crippen LogP contribution >= 0.6 is 0 Å². The van der Waals surface area contributed by atoms with E-state index in [4.69, 9.17) is 0 Å². The number of imidazole rings is 1. The quantitative estimate of drug-likeness (QED) is 0.933. The summed E-state index contributed by atoms with van der Waals surface area (Å²) in [6, 6.07) is 5.80. The molecule has 3 heterocycles. The van der Waals surface area contributed by atoms with Crippen LogP contribution in [0, 0.1) is 0 Å². The van der Waals surface area contributed by atoms with E-state index >= 15 is 0 Å². The summed E-state index contributed by atoms with van der Waals surface area (Å²) in [6.07, 6.45) is 5.90. The van der Waals surface area contributed by atoms with Gasteiger partial charge in [0.2, 0.25) is 5.82 Å². The van der Waals surface area contributed by atoms with Crippen LogP contribution in [0.4, 0.5) is 0 Å². The molecule has 0 spiro atoms. The maximum Gasteiger partial charge on any atom is 0.287 e. The topological polar surface area (TPSA) is 66.7 Å². The van der Waals surface area contributed by atoms with Crippen molar-refractivity contribution in [3.63, 3.8) is 0 Å². The van der Waals surface area contributed by atoms with Crippen molar-refractivity contribution in [1.29, 1.82) is 0 Å². The number of rotatable bonds is 3. The minimum atomic E-state index is -0.204. The highest BCUT2D eigenvalue weighted by Gasteiger charge is 2.29. The van der Waals surface area contributed by atoms with Crippen LogP contribution in [0.5, 0.6) is 0 Å². The molecule has 0 atom stereocenters. The number of nitrogens with one attached hydrogen (secondary N) is 1. The first-order valence-corrected chi connectivity index (χ1v) is 7.81. The van der Waals surface area contributed by atoms with Crippen LogP contribution < -0.4 is 5.32 Å². The number of likely N-dealkylation sites (tertiary alicyclic amines) is 1. The molecule has 1 saturated heterocycles. The van der Waals surface area contributed by atoms with Gasteiger partial charge in [-0.3, -0.25) is 14.0 Å². The van der Waals surface area contributed by atoms with Gasteiger partial charge in [-0.05, 0) is 37.8 Å². The number of amides is 2.